The number of rotatable bonds is 6. The molecule has 0 heterocycles. The van der Waals surface area contributed by atoms with Crippen molar-refractivity contribution in [2.24, 2.45) is 0 Å². The van der Waals surface area contributed by atoms with Gasteiger partial charge in [0.15, 0.2) is 9.84 Å². The van der Waals surface area contributed by atoms with Crippen LogP contribution in [0.15, 0.2) is 29.2 Å². The Morgan fingerprint density at radius 3 is 2.52 bits per heavy atom. The molecule has 0 aromatic heterocycles. The summed E-state index contributed by atoms with van der Waals surface area (Å²) in [6, 6.07) is 7.57. The molecule has 0 radical (unpaired) electrons. The van der Waals surface area contributed by atoms with Crippen LogP contribution >= 0.6 is 11.8 Å². The van der Waals surface area contributed by atoms with E-state index in [-0.39, 0.29) is 11.8 Å². The molecule has 3 atom stereocenters. The second-order valence-corrected chi connectivity index (χ2v) is 9.20. The first-order chi connectivity index (χ1) is 9.90. The molecule has 21 heavy (non-hydrogen) atoms. The fourth-order valence-electron chi connectivity index (χ4n) is 2.93. The Morgan fingerprint density at radius 2 is 1.95 bits per heavy atom. The average Bonchev–Trinajstić information content (AvgIpc) is 2.86. The van der Waals surface area contributed by atoms with Gasteiger partial charge in [0.25, 0.3) is 0 Å². The van der Waals surface area contributed by atoms with E-state index < -0.39 is 9.84 Å². The zero-order valence-corrected chi connectivity index (χ0v) is 14.6. The molecule has 0 saturated heterocycles. The Morgan fingerprint density at radius 1 is 1.29 bits per heavy atom. The Hall–Kier alpha value is -0.520. The summed E-state index contributed by atoms with van der Waals surface area (Å²) in [5.41, 5.74) is 1.08. The smallest absolute Gasteiger partial charge is 0.179 e. The molecule has 1 fully saturated rings. The minimum Gasteiger partial charge on any atom is -0.310 e. The van der Waals surface area contributed by atoms with Gasteiger partial charge < -0.3 is 5.32 Å². The third-order valence-corrected chi connectivity index (χ3v) is 7.11. The van der Waals surface area contributed by atoms with E-state index in [1.165, 1.54) is 6.42 Å². The quantitative estimate of drug-likeness (QED) is 0.872. The normalized spacial score (nSPS) is 24.1. The third kappa shape index (κ3) is 4.73. The van der Waals surface area contributed by atoms with E-state index in [4.69, 9.17) is 0 Å². The summed E-state index contributed by atoms with van der Waals surface area (Å²) in [5.74, 6) is 0.163. The van der Waals surface area contributed by atoms with Crippen LogP contribution in [0, 0.1) is 6.92 Å². The minimum absolute atomic E-state index is 0.0121. The highest BCUT2D eigenvalue weighted by Crippen LogP contribution is 2.28. The Labute approximate surface area is 132 Å². The Bertz CT molecular complexity index is 554. The van der Waals surface area contributed by atoms with Crippen molar-refractivity contribution in [1.82, 2.24) is 5.32 Å². The van der Waals surface area contributed by atoms with Gasteiger partial charge in [0.05, 0.1) is 10.6 Å². The lowest BCUT2D eigenvalue weighted by Crippen LogP contribution is -2.39. The van der Waals surface area contributed by atoms with Crippen LogP contribution in [0.4, 0.5) is 0 Å². The predicted molar refractivity (Wildman–Crippen MR) is 90.8 cm³/mol. The van der Waals surface area contributed by atoms with Crippen molar-refractivity contribution in [3.63, 3.8) is 0 Å². The minimum atomic E-state index is -3.20. The van der Waals surface area contributed by atoms with Crippen molar-refractivity contribution >= 4 is 21.6 Å². The molecular formula is C16H25NO2S2. The molecule has 2 rings (SSSR count). The molecule has 0 spiro atoms. The second-order valence-electron chi connectivity index (χ2n) is 6.03. The Kier molecular flexibility index (Phi) is 5.74. The molecule has 0 aliphatic heterocycles. The highest BCUT2D eigenvalue weighted by atomic mass is 32.2. The molecule has 5 heteroatoms. The number of sulfone groups is 1. The van der Waals surface area contributed by atoms with Crippen LogP contribution in [0.2, 0.25) is 0 Å². The lowest BCUT2D eigenvalue weighted by Gasteiger charge is -2.19. The maximum Gasteiger partial charge on any atom is 0.179 e. The first-order valence-corrected chi connectivity index (χ1v) is 10.4. The summed E-state index contributed by atoms with van der Waals surface area (Å²) in [5, 5.41) is 4.21. The molecule has 0 unspecified atom stereocenters. The molecule has 3 nitrogen and oxygen atoms in total. The van der Waals surface area contributed by atoms with Gasteiger partial charge in [-0.25, -0.2) is 8.42 Å². The fourth-order valence-corrected chi connectivity index (χ4v) is 5.22. The highest BCUT2D eigenvalue weighted by Gasteiger charge is 2.26. The van der Waals surface area contributed by atoms with E-state index in [0.717, 1.165) is 23.7 Å². The number of thioether (sulfide) groups is 1. The number of aryl methyl sites for hydroxylation is 1. The maximum atomic E-state index is 12.4. The molecule has 1 aromatic rings. The first kappa shape index (κ1) is 16.8. The third-order valence-electron chi connectivity index (χ3n) is 4.09. The summed E-state index contributed by atoms with van der Waals surface area (Å²) in [7, 11) is -3.20. The van der Waals surface area contributed by atoms with Crippen molar-refractivity contribution in [3.05, 3.63) is 29.8 Å². The van der Waals surface area contributed by atoms with Gasteiger partial charge in [-0.05, 0) is 51.5 Å². The number of nitrogens with one attached hydrogen (secondary N) is 1. The Balaban J connectivity index is 1.92. The van der Waals surface area contributed by atoms with Crippen molar-refractivity contribution in [1.29, 1.82) is 0 Å². The summed E-state index contributed by atoms with van der Waals surface area (Å²) in [6.07, 6.45) is 5.69. The maximum absolute atomic E-state index is 12.4. The molecule has 1 saturated carbocycles. The largest absolute Gasteiger partial charge is 0.310 e. The summed E-state index contributed by atoms with van der Waals surface area (Å²) < 4.78 is 24.8. The lowest BCUT2D eigenvalue weighted by molar-refractivity contribution is 0.469. The van der Waals surface area contributed by atoms with Crippen LogP contribution in [-0.4, -0.2) is 37.8 Å². The van der Waals surface area contributed by atoms with Gasteiger partial charge >= 0.3 is 0 Å². The monoisotopic (exact) mass is 327 g/mol. The fraction of sp³-hybridized carbons (Fsp3) is 0.625. The molecule has 1 aliphatic rings. The van der Waals surface area contributed by atoms with E-state index in [9.17, 15) is 8.42 Å². The van der Waals surface area contributed by atoms with Crippen molar-refractivity contribution in [2.75, 3.05) is 12.0 Å². The SMILES string of the molecule is CS[C@@H]1CC[C@@H](N[C@H](C)CS(=O)(=O)c2ccc(C)cc2)C1. The zero-order valence-electron chi connectivity index (χ0n) is 13.0. The summed E-state index contributed by atoms with van der Waals surface area (Å²) >= 11 is 1.92. The van der Waals surface area contributed by atoms with E-state index >= 15 is 0 Å². The first-order valence-electron chi connectivity index (χ1n) is 7.49. The molecule has 1 aliphatic carbocycles. The molecule has 0 amide bonds. The van der Waals surface area contributed by atoms with Crippen molar-refractivity contribution in [2.45, 2.75) is 55.3 Å². The number of hydrogen-bond acceptors (Lipinski definition) is 4. The topological polar surface area (TPSA) is 46.2 Å². The van der Waals surface area contributed by atoms with E-state index in [1.54, 1.807) is 12.1 Å². The molecule has 1 N–H and O–H groups in total. The van der Waals surface area contributed by atoms with Crippen molar-refractivity contribution in [3.8, 4) is 0 Å². The van der Waals surface area contributed by atoms with Gasteiger partial charge in [-0.1, -0.05) is 17.7 Å². The van der Waals surface area contributed by atoms with Crippen LogP contribution in [0.5, 0.6) is 0 Å². The zero-order chi connectivity index (χ0) is 15.5. The van der Waals surface area contributed by atoms with Crippen LogP contribution in [0.25, 0.3) is 0 Å². The molecule has 0 bridgehead atoms. The second kappa shape index (κ2) is 7.16. The van der Waals surface area contributed by atoms with Crippen LogP contribution in [0.1, 0.15) is 31.7 Å². The van der Waals surface area contributed by atoms with Gasteiger partial charge in [-0.15, -0.1) is 0 Å². The van der Waals surface area contributed by atoms with Gasteiger partial charge in [0.2, 0.25) is 0 Å². The van der Waals surface area contributed by atoms with E-state index in [0.29, 0.717) is 10.9 Å². The lowest BCUT2D eigenvalue weighted by atomic mass is 10.2. The summed E-state index contributed by atoms with van der Waals surface area (Å²) in [4.78, 5) is 0.426. The van der Waals surface area contributed by atoms with Crippen molar-refractivity contribution < 1.29 is 8.42 Å². The number of hydrogen-bond donors (Lipinski definition) is 1. The van der Waals surface area contributed by atoms with Gasteiger partial charge in [0.1, 0.15) is 0 Å². The summed E-state index contributed by atoms with van der Waals surface area (Å²) in [6.45, 7) is 3.93. The number of benzene rings is 1. The molecule has 1 aromatic carbocycles. The van der Waals surface area contributed by atoms with Crippen LogP contribution in [0.3, 0.4) is 0 Å². The van der Waals surface area contributed by atoms with Crippen LogP contribution < -0.4 is 5.32 Å². The van der Waals surface area contributed by atoms with Crippen LogP contribution in [-0.2, 0) is 9.84 Å². The standard InChI is InChI=1S/C16H25NO2S2/c1-12-4-8-16(9-5-12)21(18,19)11-13(2)17-14-6-7-15(10-14)20-3/h4-5,8-9,13-15,17H,6-7,10-11H2,1-3H3/t13-,14-,15-/m1/s1. The molecular weight excluding hydrogens is 302 g/mol. The molecule has 118 valence electrons. The highest BCUT2D eigenvalue weighted by molar-refractivity contribution is 7.99. The van der Waals surface area contributed by atoms with Gasteiger partial charge in [0, 0.05) is 17.3 Å². The predicted octanol–water partition coefficient (Wildman–Crippen LogP) is 3.03. The van der Waals surface area contributed by atoms with Gasteiger partial charge in [-0.3, -0.25) is 0 Å². The van der Waals surface area contributed by atoms with E-state index in [1.807, 2.05) is 37.7 Å². The van der Waals surface area contributed by atoms with E-state index in [2.05, 4.69) is 11.6 Å². The van der Waals surface area contributed by atoms with Gasteiger partial charge in [-0.2, -0.15) is 11.8 Å². The average molecular weight is 328 g/mol.